The molecule has 0 bridgehead atoms. The molecule has 0 aliphatic carbocycles. The van der Waals surface area contributed by atoms with Gasteiger partial charge in [0, 0.05) is 18.9 Å². The molecule has 2 amide bonds. The Bertz CT molecular complexity index is 531. The second kappa shape index (κ2) is 5.27. The van der Waals surface area contributed by atoms with Crippen molar-refractivity contribution >= 4 is 12.0 Å². The summed E-state index contributed by atoms with van der Waals surface area (Å²) in [5, 5.41) is 0. The molecular weight excluding hydrogens is 254 g/mol. The number of hydrogen-bond donors (Lipinski definition) is 0. The summed E-state index contributed by atoms with van der Waals surface area (Å²) in [7, 11) is 0. The molecule has 108 valence electrons. The van der Waals surface area contributed by atoms with Gasteiger partial charge in [0.05, 0.1) is 0 Å². The van der Waals surface area contributed by atoms with Gasteiger partial charge in [0.1, 0.15) is 5.60 Å². The Hall–Kier alpha value is -1.84. The SMILES string of the molecule is Cc1ccccc1[C@H]1CC(=O)N(C(=O)OC(C)(C)C)C1. The van der Waals surface area contributed by atoms with E-state index in [1.807, 2.05) is 31.2 Å². The molecule has 20 heavy (non-hydrogen) atoms. The highest BCUT2D eigenvalue weighted by Crippen LogP contribution is 2.31. The van der Waals surface area contributed by atoms with Gasteiger partial charge < -0.3 is 4.74 Å². The Kier molecular flexibility index (Phi) is 3.84. The molecule has 0 saturated carbocycles. The maximum atomic E-state index is 12.0. The van der Waals surface area contributed by atoms with E-state index in [0.717, 1.165) is 11.1 Å². The Morgan fingerprint density at radius 2 is 1.95 bits per heavy atom. The summed E-state index contributed by atoms with van der Waals surface area (Å²) in [4.78, 5) is 25.3. The number of likely N-dealkylation sites (tertiary alicyclic amines) is 1. The summed E-state index contributed by atoms with van der Waals surface area (Å²) < 4.78 is 5.27. The molecule has 1 aliphatic rings. The van der Waals surface area contributed by atoms with Gasteiger partial charge >= 0.3 is 6.09 Å². The first-order valence-electron chi connectivity index (χ1n) is 6.87. The van der Waals surface area contributed by atoms with Crippen LogP contribution in [0.5, 0.6) is 0 Å². The predicted octanol–water partition coefficient (Wildman–Crippen LogP) is 3.25. The molecule has 1 aromatic rings. The Morgan fingerprint density at radius 1 is 1.30 bits per heavy atom. The number of benzene rings is 1. The molecule has 0 aromatic heterocycles. The van der Waals surface area contributed by atoms with Crippen LogP contribution in [-0.2, 0) is 9.53 Å². The number of nitrogens with zero attached hydrogens (tertiary/aromatic N) is 1. The van der Waals surface area contributed by atoms with E-state index < -0.39 is 11.7 Å². The molecule has 0 unspecified atom stereocenters. The smallest absolute Gasteiger partial charge is 0.417 e. The lowest BCUT2D eigenvalue weighted by molar-refractivity contribution is -0.126. The average molecular weight is 275 g/mol. The third-order valence-corrected chi connectivity index (χ3v) is 3.37. The van der Waals surface area contributed by atoms with Crippen LogP contribution in [0.25, 0.3) is 0 Å². The predicted molar refractivity (Wildman–Crippen MR) is 76.5 cm³/mol. The first-order valence-corrected chi connectivity index (χ1v) is 6.87. The van der Waals surface area contributed by atoms with Gasteiger partial charge in [0.2, 0.25) is 5.91 Å². The van der Waals surface area contributed by atoms with Crippen LogP contribution in [0.2, 0.25) is 0 Å². The fourth-order valence-corrected chi connectivity index (χ4v) is 2.45. The van der Waals surface area contributed by atoms with Crippen molar-refractivity contribution in [2.45, 2.75) is 45.6 Å². The van der Waals surface area contributed by atoms with Crippen molar-refractivity contribution in [2.75, 3.05) is 6.54 Å². The van der Waals surface area contributed by atoms with Gasteiger partial charge in [-0.25, -0.2) is 9.69 Å². The van der Waals surface area contributed by atoms with Gasteiger partial charge in [0.15, 0.2) is 0 Å². The highest BCUT2D eigenvalue weighted by atomic mass is 16.6. The Labute approximate surface area is 119 Å². The molecule has 1 aromatic carbocycles. The summed E-state index contributed by atoms with van der Waals surface area (Å²) in [6.45, 7) is 7.81. The van der Waals surface area contributed by atoms with Crippen molar-refractivity contribution in [3.8, 4) is 0 Å². The van der Waals surface area contributed by atoms with Crippen LogP contribution in [0.4, 0.5) is 4.79 Å². The molecule has 0 spiro atoms. The van der Waals surface area contributed by atoms with Crippen LogP contribution in [0.3, 0.4) is 0 Å². The van der Waals surface area contributed by atoms with Crippen LogP contribution >= 0.6 is 0 Å². The average Bonchev–Trinajstić information content (AvgIpc) is 2.69. The molecule has 1 fully saturated rings. The van der Waals surface area contributed by atoms with Gasteiger partial charge in [-0.15, -0.1) is 0 Å². The van der Waals surface area contributed by atoms with Crippen molar-refractivity contribution < 1.29 is 14.3 Å². The molecule has 1 aliphatic heterocycles. The fraction of sp³-hybridized carbons (Fsp3) is 0.500. The molecule has 4 heteroatoms. The summed E-state index contributed by atoms with van der Waals surface area (Å²) in [5.74, 6) is -0.0938. The second-order valence-electron chi connectivity index (χ2n) is 6.24. The number of carbonyl (C=O) groups excluding carboxylic acids is 2. The van der Waals surface area contributed by atoms with E-state index in [2.05, 4.69) is 0 Å². The minimum atomic E-state index is -0.585. The lowest BCUT2D eigenvalue weighted by atomic mass is 9.94. The quantitative estimate of drug-likeness (QED) is 0.790. The minimum Gasteiger partial charge on any atom is -0.443 e. The molecular formula is C16H21NO3. The summed E-state index contributed by atoms with van der Waals surface area (Å²) in [6.07, 6.45) is -0.178. The van der Waals surface area contributed by atoms with Crippen molar-refractivity contribution in [2.24, 2.45) is 0 Å². The number of ether oxygens (including phenoxy) is 1. The number of rotatable bonds is 1. The van der Waals surface area contributed by atoms with E-state index in [4.69, 9.17) is 4.74 Å². The Morgan fingerprint density at radius 3 is 2.55 bits per heavy atom. The van der Waals surface area contributed by atoms with Gasteiger partial charge in [0.25, 0.3) is 0 Å². The number of amides is 2. The van der Waals surface area contributed by atoms with Crippen molar-refractivity contribution in [1.82, 2.24) is 4.90 Å². The molecule has 0 N–H and O–H groups in total. The van der Waals surface area contributed by atoms with E-state index in [1.54, 1.807) is 20.8 Å². The molecule has 1 heterocycles. The zero-order chi connectivity index (χ0) is 14.9. The fourth-order valence-electron chi connectivity index (χ4n) is 2.45. The summed E-state index contributed by atoms with van der Waals surface area (Å²) in [5.41, 5.74) is 1.70. The van der Waals surface area contributed by atoms with E-state index in [1.165, 1.54) is 4.90 Å². The molecule has 2 rings (SSSR count). The van der Waals surface area contributed by atoms with Gasteiger partial charge in [-0.2, -0.15) is 0 Å². The van der Waals surface area contributed by atoms with E-state index in [9.17, 15) is 9.59 Å². The molecule has 1 saturated heterocycles. The number of carbonyl (C=O) groups is 2. The zero-order valence-corrected chi connectivity index (χ0v) is 12.5. The molecule has 4 nitrogen and oxygen atoms in total. The normalized spacial score (nSPS) is 19.3. The van der Waals surface area contributed by atoms with Crippen LogP contribution in [-0.4, -0.2) is 29.0 Å². The van der Waals surface area contributed by atoms with E-state index >= 15 is 0 Å². The van der Waals surface area contributed by atoms with Crippen molar-refractivity contribution in [3.63, 3.8) is 0 Å². The maximum Gasteiger partial charge on any atom is 0.417 e. The monoisotopic (exact) mass is 275 g/mol. The van der Waals surface area contributed by atoms with Gasteiger partial charge in [-0.1, -0.05) is 24.3 Å². The molecule has 1 atom stereocenters. The van der Waals surface area contributed by atoms with Gasteiger partial charge in [-0.05, 0) is 38.8 Å². The second-order valence-corrected chi connectivity index (χ2v) is 6.24. The van der Waals surface area contributed by atoms with Crippen LogP contribution in [0.1, 0.15) is 44.2 Å². The van der Waals surface area contributed by atoms with Crippen LogP contribution in [0.15, 0.2) is 24.3 Å². The zero-order valence-electron chi connectivity index (χ0n) is 12.5. The Balaban J connectivity index is 2.12. The lowest BCUT2D eigenvalue weighted by Crippen LogP contribution is -2.37. The molecule has 0 radical (unpaired) electrons. The largest absolute Gasteiger partial charge is 0.443 e. The van der Waals surface area contributed by atoms with E-state index in [-0.39, 0.29) is 11.8 Å². The lowest BCUT2D eigenvalue weighted by Gasteiger charge is -2.23. The summed E-state index contributed by atoms with van der Waals surface area (Å²) >= 11 is 0. The number of hydrogen-bond acceptors (Lipinski definition) is 3. The topological polar surface area (TPSA) is 46.6 Å². The number of aryl methyl sites for hydroxylation is 1. The maximum absolute atomic E-state index is 12.0. The first-order chi connectivity index (χ1) is 9.28. The summed E-state index contributed by atoms with van der Waals surface area (Å²) in [6, 6.07) is 7.98. The highest BCUT2D eigenvalue weighted by Gasteiger charge is 2.37. The van der Waals surface area contributed by atoms with Crippen LogP contribution in [0, 0.1) is 6.92 Å². The van der Waals surface area contributed by atoms with E-state index in [0.29, 0.717) is 13.0 Å². The third kappa shape index (κ3) is 3.18. The highest BCUT2D eigenvalue weighted by molar-refractivity contribution is 5.94. The standard InChI is InChI=1S/C16H21NO3/c1-11-7-5-6-8-13(11)12-9-14(18)17(10-12)15(19)20-16(2,3)4/h5-8,12H,9-10H2,1-4H3/t12-/m0/s1. The minimum absolute atomic E-state index is 0.0659. The number of imide groups is 1. The third-order valence-electron chi connectivity index (χ3n) is 3.37. The van der Waals surface area contributed by atoms with Crippen LogP contribution < -0.4 is 0 Å². The first kappa shape index (κ1) is 14.6. The van der Waals surface area contributed by atoms with Crippen molar-refractivity contribution in [1.29, 1.82) is 0 Å². The van der Waals surface area contributed by atoms with Crippen molar-refractivity contribution in [3.05, 3.63) is 35.4 Å². The van der Waals surface area contributed by atoms with Gasteiger partial charge in [-0.3, -0.25) is 4.79 Å².